The van der Waals surface area contributed by atoms with Crippen LogP contribution in [-0.2, 0) is 5.41 Å². The number of phenolic OH excluding ortho intramolecular Hbond substituents is 1. The highest BCUT2D eigenvalue weighted by Gasteiger charge is 2.21. The minimum Gasteiger partial charge on any atom is -0.507 e. The van der Waals surface area contributed by atoms with Crippen molar-refractivity contribution in [3.8, 4) is 11.4 Å². The van der Waals surface area contributed by atoms with E-state index < -0.39 is 0 Å². The summed E-state index contributed by atoms with van der Waals surface area (Å²) in [5, 5.41) is 14.6. The van der Waals surface area contributed by atoms with Gasteiger partial charge in [-0.2, -0.15) is 4.57 Å². The first kappa shape index (κ1) is 15.6. The molecule has 0 fully saturated rings. The molecule has 0 unspecified atom stereocenters. The van der Waals surface area contributed by atoms with Gasteiger partial charge in [-0.05, 0) is 23.1 Å². The van der Waals surface area contributed by atoms with Crippen LogP contribution in [0.4, 0.5) is 0 Å². The van der Waals surface area contributed by atoms with Crippen LogP contribution in [0.15, 0.2) is 73.1 Å². The Kier molecular flexibility index (Phi) is 3.50. The SMILES string of the molecule is CC(C)(C)c1cc[n+](-c2c3ccccc3c(O)c3ccccc23)cc1. The smallest absolute Gasteiger partial charge is 0.226 e. The Labute approximate surface area is 148 Å². The summed E-state index contributed by atoms with van der Waals surface area (Å²) in [4.78, 5) is 0. The minimum absolute atomic E-state index is 0.123. The van der Waals surface area contributed by atoms with E-state index in [0.717, 1.165) is 27.2 Å². The predicted molar refractivity (Wildman–Crippen MR) is 103 cm³/mol. The van der Waals surface area contributed by atoms with Crippen LogP contribution in [0.3, 0.4) is 0 Å². The molecule has 0 bridgehead atoms. The van der Waals surface area contributed by atoms with Gasteiger partial charge in [-0.15, -0.1) is 0 Å². The highest BCUT2D eigenvalue weighted by molar-refractivity contribution is 6.10. The van der Waals surface area contributed by atoms with Gasteiger partial charge in [0, 0.05) is 22.9 Å². The lowest BCUT2D eigenvalue weighted by Gasteiger charge is -2.17. The maximum atomic E-state index is 10.7. The number of phenols is 1. The highest BCUT2D eigenvalue weighted by atomic mass is 16.3. The van der Waals surface area contributed by atoms with Crippen LogP contribution in [0.2, 0.25) is 0 Å². The van der Waals surface area contributed by atoms with E-state index in [1.165, 1.54) is 5.56 Å². The molecule has 0 amide bonds. The number of aromatic hydroxyl groups is 1. The molecule has 1 aromatic heterocycles. The third-order valence-corrected chi connectivity index (χ3v) is 4.83. The Bertz CT molecular complexity index is 1020. The van der Waals surface area contributed by atoms with Gasteiger partial charge in [0.2, 0.25) is 5.69 Å². The first-order valence-corrected chi connectivity index (χ1v) is 8.61. The average molecular weight is 328 g/mol. The first-order valence-electron chi connectivity index (χ1n) is 8.61. The Morgan fingerprint density at radius 2 is 1.12 bits per heavy atom. The van der Waals surface area contributed by atoms with Crippen molar-refractivity contribution in [2.24, 2.45) is 0 Å². The summed E-state index contributed by atoms with van der Waals surface area (Å²) in [6.45, 7) is 6.66. The van der Waals surface area contributed by atoms with Crippen LogP contribution in [0.25, 0.3) is 27.2 Å². The van der Waals surface area contributed by atoms with Crippen LogP contribution in [0.1, 0.15) is 26.3 Å². The van der Waals surface area contributed by atoms with E-state index in [4.69, 9.17) is 0 Å². The molecule has 0 aliphatic heterocycles. The number of fused-ring (bicyclic) bond motifs is 2. The van der Waals surface area contributed by atoms with Gasteiger partial charge in [-0.3, -0.25) is 0 Å². The number of hydrogen-bond acceptors (Lipinski definition) is 1. The summed E-state index contributed by atoms with van der Waals surface area (Å²) in [6.07, 6.45) is 4.23. The van der Waals surface area contributed by atoms with Crippen molar-refractivity contribution in [3.05, 3.63) is 78.6 Å². The normalized spacial score (nSPS) is 12.0. The maximum Gasteiger partial charge on any atom is 0.226 e. The molecule has 3 aromatic carbocycles. The summed E-state index contributed by atoms with van der Waals surface area (Å²) in [5.74, 6) is 0.349. The van der Waals surface area contributed by atoms with E-state index in [9.17, 15) is 5.11 Å². The lowest BCUT2D eigenvalue weighted by molar-refractivity contribution is -0.592. The zero-order valence-electron chi connectivity index (χ0n) is 14.8. The second-order valence-corrected chi connectivity index (χ2v) is 7.53. The van der Waals surface area contributed by atoms with Crippen molar-refractivity contribution in [1.82, 2.24) is 0 Å². The molecule has 124 valence electrons. The van der Waals surface area contributed by atoms with Crippen molar-refractivity contribution in [1.29, 1.82) is 0 Å². The zero-order valence-corrected chi connectivity index (χ0v) is 14.8. The van der Waals surface area contributed by atoms with Crippen molar-refractivity contribution in [3.63, 3.8) is 0 Å². The average Bonchev–Trinajstić information content (AvgIpc) is 2.62. The van der Waals surface area contributed by atoms with Crippen molar-refractivity contribution < 1.29 is 9.67 Å². The molecule has 25 heavy (non-hydrogen) atoms. The number of aromatic nitrogens is 1. The second kappa shape index (κ2) is 5.59. The number of rotatable bonds is 1. The first-order chi connectivity index (χ1) is 12.0. The third-order valence-electron chi connectivity index (χ3n) is 4.83. The maximum absolute atomic E-state index is 10.7. The molecule has 2 nitrogen and oxygen atoms in total. The third kappa shape index (κ3) is 2.54. The summed E-state index contributed by atoms with van der Waals surface area (Å²) in [7, 11) is 0. The molecule has 0 saturated carbocycles. The van der Waals surface area contributed by atoms with Crippen LogP contribution in [0.5, 0.6) is 5.75 Å². The monoisotopic (exact) mass is 328 g/mol. The van der Waals surface area contributed by atoms with Crippen molar-refractivity contribution in [2.45, 2.75) is 26.2 Å². The summed E-state index contributed by atoms with van der Waals surface area (Å²) >= 11 is 0. The van der Waals surface area contributed by atoms with Gasteiger partial charge in [-0.25, -0.2) is 0 Å². The second-order valence-electron chi connectivity index (χ2n) is 7.53. The molecule has 1 heterocycles. The summed E-state index contributed by atoms with van der Waals surface area (Å²) in [5.41, 5.74) is 2.53. The molecular formula is C23H22NO+. The van der Waals surface area contributed by atoms with E-state index in [1.54, 1.807) is 0 Å². The van der Waals surface area contributed by atoms with Crippen molar-refractivity contribution in [2.75, 3.05) is 0 Å². The van der Waals surface area contributed by atoms with E-state index >= 15 is 0 Å². The van der Waals surface area contributed by atoms with Crippen molar-refractivity contribution >= 4 is 21.5 Å². The zero-order chi connectivity index (χ0) is 17.6. The lowest BCUT2D eigenvalue weighted by atomic mass is 9.88. The molecule has 0 saturated heterocycles. The molecule has 1 N–H and O–H groups in total. The topological polar surface area (TPSA) is 24.1 Å². The molecule has 0 aliphatic rings. The number of nitrogens with zero attached hydrogens (tertiary/aromatic N) is 1. The van der Waals surface area contributed by atoms with E-state index in [0.29, 0.717) is 5.75 Å². The molecule has 0 spiro atoms. The fourth-order valence-electron chi connectivity index (χ4n) is 3.44. The van der Waals surface area contributed by atoms with Crippen LogP contribution in [0, 0.1) is 0 Å². The van der Waals surface area contributed by atoms with Crippen LogP contribution >= 0.6 is 0 Å². The molecule has 0 atom stereocenters. The molecular weight excluding hydrogens is 306 g/mol. The fourth-order valence-corrected chi connectivity index (χ4v) is 3.44. The Morgan fingerprint density at radius 1 is 0.680 bits per heavy atom. The Hall–Kier alpha value is -2.87. The van der Waals surface area contributed by atoms with E-state index in [2.05, 4.69) is 62.0 Å². The van der Waals surface area contributed by atoms with Gasteiger partial charge < -0.3 is 5.11 Å². The van der Waals surface area contributed by atoms with Crippen LogP contribution < -0.4 is 4.57 Å². The Morgan fingerprint density at radius 3 is 1.56 bits per heavy atom. The van der Waals surface area contributed by atoms with Gasteiger partial charge in [0.05, 0.1) is 10.8 Å². The van der Waals surface area contributed by atoms with Gasteiger partial charge in [0.15, 0.2) is 12.4 Å². The minimum atomic E-state index is 0.123. The summed E-state index contributed by atoms with van der Waals surface area (Å²) in [6, 6.07) is 20.4. The summed E-state index contributed by atoms with van der Waals surface area (Å²) < 4.78 is 2.15. The standard InChI is InChI=1S/C23H21NO/c1-23(2,3)16-12-14-24(15-13-16)21-17-8-4-6-10-19(17)22(25)20-11-7-5-9-18(20)21/h4-15H,1-3H3/p+1. The fraction of sp³-hybridized carbons (Fsp3) is 0.174. The highest BCUT2D eigenvalue weighted by Crippen LogP contribution is 2.37. The predicted octanol–water partition coefficient (Wildman–Crippen LogP) is 5.27. The quantitative estimate of drug-likeness (QED) is 0.373. The number of benzene rings is 3. The van der Waals surface area contributed by atoms with Gasteiger partial charge in [0.1, 0.15) is 5.75 Å². The number of hydrogen-bond donors (Lipinski definition) is 1. The van der Waals surface area contributed by atoms with E-state index in [1.807, 2.05) is 36.4 Å². The molecule has 4 aromatic rings. The molecule has 2 heteroatoms. The van der Waals surface area contributed by atoms with Gasteiger partial charge in [0.25, 0.3) is 0 Å². The number of pyridine rings is 1. The van der Waals surface area contributed by atoms with Gasteiger partial charge >= 0.3 is 0 Å². The Balaban J connectivity index is 2.07. The van der Waals surface area contributed by atoms with Crippen LogP contribution in [-0.4, -0.2) is 5.11 Å². The van der Waals surface area contributed by atoms with E-state index in [-0.39, 0.29) is 5.41 Å². The molecule has 0 radical (unpaired) electrons. The van der Waals surface area contributed by atoms with Gasteiger partial charge in [-0.1, -0.05) is 57.2 Å². The molecule has 0 aliphatic carbocycles. The lowest BCUT2D eigenvalue weighted by Crippen LogP contribution is -2.31. The molecule has 4 rings (SSSR count). The largest absolute Gasteiger partial charge is 0.507 e.